The standard InChI is InChI=1S/C13H24N2O4/c1-19-7-6-14-9-12(16)15-8-10-4-2-3-5-11(10)13(17)18/h10-11,14H,2-9H2,1H3,(H,15,16)(H,17,18). The van der Waals surface area contributed by atoms with Gasteiger partial charge < -0.3 is 20.5 Å². The zero-order valence-electron chi connectivity index (χ0n) is 11.5. The zero-order valence-corrected chi connectivity index (χ0v) is 11.5. The van der Waals surface area contributed by atoms with E-state index in [4.69, 9.17) is 9.84 Å². The third-order valence-corrected chi connectivity index (χ3v) is 3.56. The monoisotopic (exact) mass is 272 g/mol. The van der Waals surface area contributed by atoms with Crippen molar-refractivity contribution in [3.63, 3.8) is 0 Å². The van der Waals surface area contributed by atoms with Gasteiger partial charge in [-0.05, 0) is 18.8 Å². The Balaban J connectivity index is 2.22. The highest BCUT2D eigenvalue weighted by Crippen LogP contribution is 2.29. The average molecular weight is 272 g/mol. The molecule has 1 aliphatic carbocycles. The van der Waals surface area contributed by atoms with E-state index in [9.17, 15) is 9.59 Å². The largest absolute Gasteiger partial charge is 0.481 e. The van der Waals surface area contributed by atoms with Crippen LogP contribution in [0.5, 0.6) is 0 Å². The Morgan fingerprint density at radius 1 is 1.32 bits per heavy atom. The predicted molar refractivity (Wildman–Crippen MR) is 70.8 cm³/mol. The molecule has 0 bridgehead atoms. The summed E-state index contributed by atoms with van der Waals surface area (Å²) in [6, 6.07) is 0. The number of rotatable bonds is 8. The van der Waals surface area contributed by atoms with Gasteiger partial charge in [-0.1, -0.05) is 12.8 Å². The van der Waals surface area contributed by atoms with Crippen LogP contribution in [0.2, 0.25) is 0 Å². The molecule has 3 N–H and O–H groups in total. The first-order valence-corrected chi connectivity index (χ1v) is 6.84. The summed E-state index contributed by atoms with van der Waals surface area (Å²) in [5, 5.41) is 14.9. The van der Waals surface area contributed by atoms with Crippen LogP contribution in [0.3, 0.4) is 0 Å². The number of ether oxygens (including phenoxy) is 1. The fourth-order valence-electron chi connectivity index (χ4n) is 2.46. The van der Waals surface area contributed by atoms with Gasteiger partial charge in [0, 0.05) is 20.2 Å². The minimum absolute atomic E-state index is 0.0641. The molecule has 110 valence electrons. The van der Waals surface area contributed by atoms with Crippen LogP contribution in [0.4, 0.5) is 0 Å². The van der Waals surface area contributed by atoms with Gasteiger partial charge in [-0.25, -0.2) is 0 Å². The van der Waals surface area contributed by atoms with Gasteiger partial charge in [-0.15, -0.1) is 0 Å². The molecular formula is C13H24N2O4. The van der Waals surface area contributed by atoms with Crippen LogP contribution in [0.15, 0.2) is 0 Å². The maximum atomic E-state index is 11.6. The fraction of sp³-hybridized carbons (Fsp3) is 0.846. The SMILES string of the molecule is COCCNCC(=O)NCC1CCCCC1C(=O)O. The number of carbonyl (C=O) groups is 2. The van der Waals surface area contributed by atoms with E-state index >= 15 is 0 Å². The third kappa shape index (κ3) is 6.02. The number of carboxylic acid groups (broad SMARTS) is 1. The van der Waals surface area contributed by atoms with E-state index in [-0.39, 0.29) is 24.3 Å². The number of hydrogen-bond donors (Lipinski definition) is 3. The Hall–Kier alpha value is -1.14. The highest BCUT2D eigenvalue weighted by Gasteiger charge is 2.30. The van der Waals surface area contributed by atoms with Gasteiger partial charge in [-0.3, -0.25) is 9.59 Å². The van der Waals surface area contributed by atoms with E-state index in [1.54, 1.807) is 7.11 Å². The van der Waals surface area contributed by atoms with Crippen LogP contribution in [0.1, 0.15) is 25.7 Å². The number of carbonyl (C=O) groups excluding carboxylic acids is 1. The molecule has 1 saturated carbocycles. The first kappa shape index (κ1) is 15.9. The van der Waals surface area contributed by atoms with Crippen LogP contribution in [-0.4, -0.2) is 50.3 Å². The highest BCUT2D eigenvalue weighted by molar-refractivity contribution is 5.78. The predicted octanol–water partition coefficient (Wildman–Crippen LogP) is 0.230. The number of aliphatic carboxylic acids is 1. The van der Waals surface area contributed by atoms with Crippen molar-refractivity contribution >= 4 is 11.9 Å². The van der Waals surface area contributed by atoms with Gasteiger partial charge in [0.05, 0.1) is 19.1 Å². The summed E-state index contributed by atoms with van der Waals surface area (Å²) in [5.41, 5.74) is 0. The summed E-state index contributed by atoms with van der Waals surface area (Å²) in [5.74, 6) is -1.08. The second-order valence-electron chi connectivity index (χ2n) is 4.96. The van der Waals surface area contributed by atoms with Crippen molar-refractivity contribution in [3.8, 4) is 0 Å². The van der Waals surface area contributed by atoms with E-state index in [2.05, 4.69) is 10.6 Å². The average Bonchev–Trinajstić information content (AvgIpc) is 2.41. The molecule has 1 rings (SSSR count). The number of hydrogen-bond acceptors (Lipinski definition) is 4. The molecule has 0 radical (unpaired) electrons. The Morgan fingerprint density at radius 3 is 2.74 bits per heavy atom. The number of nitrogens with one attached hydrogen (secondary N) is 2. The van der Waals surface area contributed by atoms with E-state index < -0.39 is 5.97 Å². The molecule has 2 unspecified atom stereocenters. The smallest absolute Gasteiger partial charge is 0.306 e. The minimum Gasteiger partial charge on any atom is -0.481 e. The number of amides is 1. The van der Waals surface area contributed by atoms with Crippen molar-refractivity contribution in [2.45, 2.75) is 25.7 Å². The lowest BCUT2D eigenvalue weighted by molar-refractivity contribution is -0.145. The van der Waals surface area contributed by atoms with Gasteiger partial charge in [0.25, 0.3) is 0 Å². The van der Waals surface area contributed by atoms with Crippen LogP contribution in [0.25, 0.3) is 0 Å². The summed E-state index contributed by atoms with van der Waals surface area (Å²) in [6.45, 7) is 1.90. The minimum atomic E-state index is -0.739. The van der Waals surface area contributed by atoms with Crippen molar-refractivity contribution in [2.75, 3.05) is 33.4 Å². The Labute approximate surface area is 113 Å². The van der Waals surface area contributed by atoms with Crippen LogP contribution >= 0.6 is 0 Å². The van der Waals surface area contributed by atoms with Crippen molar-refractivity contribution in [1.82, 2.24) is 10.6 Å². The summed E-state index contributed by atoms with van der Waals surface area (Å²) in [6.07, 6.45) is 3.63. The van der Waals surface area contributed by atoms with E-state index in [0.717, 1.165) is 25.7 Å². The Morgan fingerprint density at radius 2 is 2.05 bits per heavy atom. The van der Waals surface area contributed by atoms with Crippen molar-refractivity contribution < 1.29 is 19.4 Å². The first-order valence-electron chi connectivity index (χ1n) is 6.84. The second kappa shape index (κ2) is 8.87. The maximum Gasteiger partial charge on any atom is 0.306 e. The van der Waals surface area contributed by atoms with Crippen LogP contribution in [-0.2, 0) is 14.3 Å². The Kier molecular flexibility index (Phi) is 7.43. The summed E-state index contributed by atoms with van der Waals surface area (Å²) < 4.78 is 4.86. The first-order chi connectivity index (χ1) is 9.15. The van der Waals surface area contributed by atoms with E-state index in [0.29, 0.717) is 19.7 Å². The van der Waals surface area contributed by atoms with E-state index in [1.807, 2.05) is 0 Å². The van der Waals surface area contributed by atoms with Crippen molar-refractivity contribution in [3.05, 3.63) is 0 Å². The van der Waals surface area contributed by atoms with Crippen molar-refractivity contribution in [1.29, 1.82) is 0 Å². The normalized spacial score (nSPS) is 23.0. The lowest BCUT2D eigenvalue weighted by Gasteiger charge is -2.28. The molecule has 0 aromatic heterocycles. The van der Waals surface area contributed by atoms with Gasteiger partial charge in [0.1, 0.15) is 0 Å². The summed E-state index contributed by atoms with van der Waals surface area (Å²) >= 11 is 0. The van der Waals surface area contributed by atoms with Gasteiger partial charge in [0.15, 0.2) is 0 Å². The molecule has 2 atom stereocenters. The van der Waals surface area contributed by atoms with Gasteiger partial charge in [-0.2, -0.15) is 0 Å². The quantitative estimate of drug-likeness (QED) is 0.551. The topological polar surface area (TPSA) is 87.7 Å². The molecule has 0 spiro atoms. The molecule has 1 amide bonds. The molecule has 0 aromatic rings. The lowest BCUT2D eigenvalue weighted by Crippen LogP contribution is -2.41. The zero-order chi connectivity index (χ0) is 14.1. The molecule has 1 fully saturated rings. The second-order valence-corrected chi connectivity index (χ2v) is 4.96. The molecule has 0 saturated heterocycles. The van der Waals surface area contributed by atoms with E-state index in [1.165, 1.54) is 0 Å². The molecular weight excluding hydrogens is 248 g/mol. The fourth-order valence-corrected chi connectivity index (χ4v) is 2.46. The molecule has 6 nitrogen and oxygen atoms in total. The molecule has 6 heteroatoms. The van der Waals surface area contributed by atoms with Crippen LogP contribution in [0, 0.1) is 11.8 Å². The molecule has 0 heterocycles. The maximum absolute atomic E-state index is 11.6. The third-order valence-electron chi connectivity index (χ3n) is 3.56. The Bertz CT molecular complexity index is 296. The summed E-state index contributed by atoms with van der Waals surface area (Å²) in [4.78, 5) is 22.7. The highest BCUT2D eigenvalue weighted by atomic mass is 16.5. The number of methoxy groups -OCH3 is 1. The van der Waals surface area contributed by atoms with Gasteiger partial charge in [0.2, 0.25) is 5.91 Å². The molecule has 0 aromatic carbocycles. The molecule has 19 heavy (non-hydrogen) atoms. The summed E-state index contributed by atoms with van der Waals surface area (Å²) in [7, 11) is 1.61. The van der Waals surface area contributed by atoms with Gasteiger partial charge >= 0.3 is 5.97 Å². The number of carboxylic acids is 1. The van der Waals surface area contributed by atoms with Crippen molar-refractivity contribution in [2.24, 2.45) is 11.8 Å². The molecule has 0 aliphatic heterocycles. The lowest BCUT2D eigenvalue weighted by atomic mass is 9.79. The van der Waals surface area contributed by atoms with Crippen LogP contribution < -0.4 is 10.6 Å². The molecule has 1 aliphatic rings.